The van der Waals surface area contributed by atoms with Crippen LogP contribution in [0.2, 0.25) is 0 Å². The molecular formula is C13H15NO4S2. The number of hydrogen-bond acceptors (Lipinski definition) is 6. The van der Waals surface area contributed by atoms with Crippen LogP contribution >= 0.6 is 11.8 Å². The van der Waals surface area contributed by atoms with Crippen LogP contribution in [0.4, 0.5) is 0 Å². The van der Waals surface area contributed by atoms with Gasteiger partial charge in [0.2, 0.25) is 0 Å². The predicted octanol–water partition coefficient (Wildman–Crippen LogP) is 1.81. The lowest BCUT2D eigenvalue weighted by Crippen LogP contribution is -2.11. The summed E-state index contributed by atoms with van der Waals surface area (Å²) >= 11 is 1.55. The minimum Gasteiger partial charge on any atom is -0.408 e. The van der Waals surface area contributed by atoms with E-state index in [1.807, 2.05) is 19.2 Å². The van der Waals surface area contributed by atoms with Crippen LogP contribution in [0.5, 0.6) is 0 Å². The molecule has 0 fully saturated rings. The van der Waals surface area contributed by atoms with Crippen LogP contribution < -0.4 is 5.63 Å². The third-order valence-electron chi connectivity index (χ3n) is 2.96. The number of sulfone groups is 1. The van der Waals surface area contributed by atoms with Gasteiger partial charge < -0.3 is 4.42 Å². The second-order valence-corrected chi connectivity index (χ2v) is 7.67. The number of aromatic nitrogens is 1. The lowest BCUT2D eigenvalue weighted by atomic mass is 10.1. The normalized spacial score (nSPS) is 11.9. The van der Waals surface area contributed by atoms with Gasteiger partial charge in [0.15, 0.2) is 5.89 Å². The highest BCUT2D eigenvalue weighted by atomic mass is 32.2. The molecule has 0 amide bonds. The first-order valence-electron chi connectivity index (χ1n) is 5.97. The molecular weight excluding hydrogens is 298 g/mol. The van der Waals surface area contributed by atoms with Crippen molar-refractivity contribution in [2.45, 2.75) is 18.2 Å². The largest absolute Gasteiger partial charge is 0.408 e. The molecule has 0 aliphatic carbocycles. The van der Waals surface area contributed by atoms with Gasteiger partial charge in [-0.1, -0.05) is 0 Å². The molecule has 5 nitrogen and oxygen atoms in total. The molecule has 0 unspecified atom stereocenters. The van der Waals surface area contributed by atoms with Crippen LogP contribution in [0.25, 0.3) is 10.9 Å². The summed E-state index contributed by atoms with van der Waals surface area (Å²) in [5.74, 6) is 0.0697. The molecule has 0 radical (unpaired) electrons. The quantitative estimate of drug-likeness (QED) is 0.801. The Morgan fingerprint density at radius 2 is 2.05 bits per heavy atom. The number of fused-ring (bicyclic) bond motifs is 1. The molecule has 1 aromatic carbocycles. The van der Waals surface area contributed by atoms with Crippen molar-refractivity contribution in [3.05, 3.63) is 34.0 Å². The molecule has 2 rings (SSSR count). The number of thioether (sulfide) groups is 1. The Balaban J connectivity index is 2.52. The van der Waals surface area contributed by atoms with Gasteiger partial charge in [0.1, 0.15) is 9.84 Å². The highest BCUT2D eigenvalue weighted by Crippen LogP contribution is 2.24. The second kappa shape index (κ2) is 5.57. The Bertz CT molecular complexity index is 809. The third kappa shape index (κ3) is 3.21. The van der Waals surface area contributed by atoms with Gasteiger partial charge in [-0.3, -0.25) is 0 Å². The summed E-state index contributed by atoms with van der Waals surface area (Å²) in [6, 6.07) is 3.66. The van der Waals surface area contributed by atoms with Crippen LogP contribution in [0.3, 0.4) is 0 Å². The van der Waals surface area contributed by atoms with E-state index in [1.165, 1.54) is 0 Å². The molecule has 1 heterocycles. The average Bonchev–Trinajstić information content (AvgIpc) is 2.35. The molecule has 108 valence electrons. The van der Waals surface area contributed by atoms with E-state index in [1.54, 1.807) is 17.8 Å². The minimum absolute atomic E-state index is 0.0870. The molecule has 0 spiro atoms. The Labute approximate surface area is 121 Å². The molecule has 2 aromatic rings. The van der Waals surface area contributed by atoms with Crippen molar-refractivity contribution in [1.82, 2.24) is 4.98 Å². The topological polar surface area (TPSA) is 77.2 Å². The molecule has 0 aliphatic heterocycles. The standard InChI is InChI=1S/C13H15NO4S2/c1-8-10(19-2)5-4-9-12(8)13(15)18-11(14-9)6-7-20(3,16)17/h4-5H,6-7H2,1-3H3. The van der Waals surface area contributed by atoms with Gasteiger partial charge in [-0.05, 0) is 30.9 Å². The molecule has 0 saturated carbocycles. The van der Waals surface area contributed by atoms with Crippen molar-refractivity contribution < 1.29 is 12.8 Å². The number of hydrogen-bond donors (Lipinski definition) is 0. The molecule has 0 aliphatic rings. The van der Waals surface area contributed by atoms with Gasteiger partial charge in [-0.15, -0.1) is 11.8 Å². The van der Waals surface area contributed by atoms with Gasteiger partial charge in [-0.25, -0.2) is 18.2 Å². The fraction of sp³-hybridized carbons (Fsp3) is 0.385. The van der Waals surface area contributed by atoms with E-state index in [9.17, 15) is 13.2 Å². The Hall–Kier alpha value is -1.34. The zero-order chi connectivity index (χ0) is 14.9. The highest BCUT2D eigenvalue weighted by Gasteiger charge is 2.13. The summed E-state index contributed by atoms with van der Waals surface area (Å²) in [7, 11) is -3.11. The van der Waals surface area contributed by atoms with Crippen molar-refractivity contribution in [2.24, 2.45) is 0 Å². The number of rotatable bonds is 4. The van der Waals surface area contributed by atoms with E-state index >= 15 is 0 Å². The van der Waals surface area contributed by atoms with Crippen LogP contribution in [-0.2, 0) is 16.3 Å². The van der Waals surface area contributed by atoms with Crippen molar-refractivity contribution in [3.8, 4) is 0 Å². The lowest BCUT2D eigenvalue weighted by Gasteiger charge is -2.06. The summed E-state index contributed by atoms with van der Waals surface area (Å²) < 4.78 is 27.4. The van der Waals surface area contributed by atoms with Gasteiger partial charge >= 0.3 is 5.63 Å². The van der Waals surface area contributed by atoms with Crippen molar-refractivity contribution in [3.63, 3.8) is 0 Å². The summed E-state index contributed by atoms with van der Waals surface area (Å²) in [6.45, 7) is 1.85. The lowest BCUT2D eigenvalue weighted by molar-refractivity contribution is 0.449. The van der Waals surface area contributed by atoms with E-state index in [4.69, 9.17) is 4.42 Å². The molecule has 0 bridgehead atoms. The summed E-state index contributed by atoms with van der Waals surface area (Å²) in [6.07, 6.45) is 3.18. The van der Waals surface area contributed by atoms with Gasteiger partial charge in [0.25, 0.3) is 0 Å². The summed E-state index contributed by atoms with van der Waals surface area (Å²) in [5.41, 5.74) is 0.915. The van der Waals surface area contributed by atoms with E-state index < -0.39 is 15.5 Å². The van der Waals surface area contributed by atoms with Gasteiger partial charge in [0.05, 0.1) is 16.7 Å². The number of nitrogens with zero attached hydrogens (tertiary/aromatic N) is 1. The molecule has 0 atom stereocenters. The Morgan fingerprint density at radius 3 is 2.65 bits per heavy atom. The van der Waals surface area contributed by atoms with Crippen molar-refractivity contribution >= 4 is 32.5 Å². The fourth-order valence-corrected chi connectivity index (χ4v) is 3.10. The van der Waals surface area contributed by atoms with E-state index in [-0.39, 0.29) is 18.1 Å². The maximum absolute atomic E-state index is 12.0. The second-order valence-electron chi connectivity index (χ2n) is 4.56. The first-order chi connectivity index (χ1) is 9.31. The number of benzene rings is 1. The minimum atomic E-state index is -3.11. The van der Waals surface area contributed by atoms with Crippen LogP contribution in [0, 0.1) is 6.92 Å². The molecule has 7 heteroatoms. The van der Waals surface area contributed by atoms with Crippen LogP contribution in [0.1, 0.15) is 11.5 Å². The smallest absolute Gasteiger partial charge is 0.347 e. The van der Waals surface area contributed by atoms with Gasteiger partial charge in [0, 0.05) is 17.6 Å². The third-order valence-corrected chi connectivity index (χ3v) is 4.79. The molecule has 0 saturated heterocycles. The van der Waals surface area contributed by atoms with Crippen LogP contribution in [-0.4, -0.2) is 31.7 Å². The molecule has 0 N–H and O–H groups in total. The predicted molar refractivity (Wildman–Crippen MR) is 80.2 cm³/mol. The Kier molecular flexibility index (Phi) is 4.19. The van der Waals surface area contributed by atoms with Crippen molar-refractivity contribution in [2.75, 3.05) is 18.3 Å². The van der Waals surface area contributed by atoms with E-state index in [0.717, 1.165) is 16.7 Å². The first kappa shape index (κ1) is 15.1. The first-order valence-corrected chi connectivity index (χ1v) is 9.25. The number of aryl methyl sites for hydroxylation is 2. The highest BCUT2D eigenvalue weighted by molar-refractivity contribution is 7.98. The zero-order valence-corrected chi connectivity index (χ0v) is 13.1. The fourth-order valence-electron chi connectivity index (χ4n) is 1.95. The maximum atomic E-state index is 12.0. The zero-order valence-electron chi connectivity index (χ0n) is 11.5. The average molecular weight is 313 g/mol. The monoisotopic (exact) mass is 313 g/mol. The summed E-state index contributed by atoms with van der Waals surface area (Å²) in [4.78, 5) is 17.3. The van der Waals surface area contributed by atoms with Crippen molar-refractivity contribution in [1.29, 1.82) is 0 Å². The van der Waals surface area contributed by atoms with Crippen LogP contribution in [0.15, 0.2) is 26.2 Å². The molecule has 20 heavy (non-hydrogen) atoms. The van der Waals surface area contributed by atoms with E-state index in [0.29, 0.717) is 10.9 Å². The SMILES string of the molecule is CSc1ccc2nc(CCS(C)(=O)=O)oc(=O)c2c1C. The summed E-state index contributed by atoms with van der Waals surface area (Å²) in [5, 5.41) is 0.458. The Morgan fingerprint density at radius 1 is 1.35 bits per heavy atom. The molecule has 1 aromatic heterocycles. The van der Waals surface area contributed by atoms with Gasteiger partial charge in [-0.2, -0.15) is 0 Å². The maximum Gasteiger partial charge on any atom is 0.347 e. The van der Waals surface area contributed by atoms with E-state index in [2.05, 4.69) is 4.98 Å².